The number of methoxy groups -OCH3 is 1. The van der Waals surface area contributed by atoms with Gasteiger partial charge in [0.25, 0.3) is 0 Å². The van der Waals surface area contributed by atoms with Crippen molar-refractivity contribution in [2.24, 2.45) is 0 Å². The van der Waals surface area contributed by atoms with E-state index in [2.05, 4.69) is 19.5 Å². The van der Waals surface area contributed by atoms with E-state index < -0.39 is 22.8 Å². The smallest absolute Gasteiger partial charge is 0.214 e. The van der Waals surface area contributed by atoms with E-state index in [0.29, 0.717) is 6.54 Å². The van der Waals surface area contributed by atoms with E-state index in [4.69, 9.17) is 4.74 Å². The SMILES string of the molecule is CO[C@]1(CN(C)C)CCN(c2cc(F)c(S(=O)Nc3cccc(F)n3)cc2C)C1. The lowest BCUT2D eigenvalue weighted by Crippen LogP contribution is -2.44. The zero-order valence-corrected chi connectivity index (χ0v) is 17.9. The van der Waals surface area contributed by atoms with Crippen molar-refractivity contribution in [3.8, 4) is 0 Å². The molecule has 2 atom stereocenters. The summed E-state index contributed by atoms with van der Waals surface area (Å²) in [5.74, 6) is -1.21. The molecule has 0 amide bonds. The number of aromatic nitrogens is 1. The van der Waals surface area contributed by atoms with E-state index in [1.54, 1.807) is 13.2 Å². The van der Waals surface area contributed by atoms with Gasteiger partial charge in [-0.1, -0.05) is 6.07 Å². The first-order valence-electron chi connectivity index (χ1n) is 9.29. The van der Waals surface area contributed by atoms with Crippen LogP contribution in [-0.2, 0) is 15.7 Å². The summed E-state index contributed by atoms with van der Waals surface area (Å²) in [5, 5.41) is 0. The van der Waals surface area contributed by atoms with Gasteiger partial charge in [0.1, 0.15) is 11.6 Å². The number of nitrogens with zero attached hydrogens (tertiary/aromatic N) is 3. The van der Waals surface area contributed by atoms with Crippen LogP contribution in [0.25, 0.3) is 0 Å². The second-order valence-electron chi connectivity index (χ2n) is 7.58. The van der Waals surface area contributed by atoms with Crippen LogP contribution < -0.4 is 9.62 Å². The standard InChI is InChI=1S/C20H26F2N4O2S/c1-14-10-17(29(27)24-19-7-5-6-18(22)23-19)15(21)11-16(14)26-9-8-20(13-26,28-4)12-25(2)3/h5-7,10-11H,8-9,12-13H2,1-4H3,(H,23,24)/t20-,29?/m0/s1. The van der Waals surface area contributed by atoms with Crippen molar-refractivity contribution in [1.29, 1.82) is 0 Å². The molecule has 1 aliphatic heterocycles. The Hall–Kier alpha value is -2.10. The van der Waals surface area contributed by atoms with E-state index in [1.165, 1.54) is 24.3 Å². The van der Waals surface area contributed by atoms with Gasteiger partial charge in [0.2, 0.25) is 5.95 Å². The molecule has 1 saturated heterocycles. The number of benzene rings is 1. The monoisotopic (exact) mass is 424 g/mol. The van der Waals surface area contributed by atoms with Crippen LogP contribution in [0.1, 0.15) is 12.0 Å². The lowest BCUT2D eigenvalue weighted by atomic mass is 10.0. The molecule has 1 aliphatic rings. The van der Waals surface area contributed by atoms with Crippen LogP contribution in [0.5, 0.6) is 0 Å². The highest BCUT2D eigenvalue weighted by Gasteiger charge is 2.39. The lowest BCUT2D eigenvalue weighted by molar-refractivity contribution is -0.0100. The van der Waals surface area contributed by atoms with Crippen molar-refractivity contribution in [2.75, 3.05) is 50.5 Å². The predicted molar refractivity (Wildman–Crippen MR) is 110 cm³/mol. The number of rotatable bonds is 7. The topological polar surface area (TPSA) is 57.7 Å². The first-order valence-corrected chi connectivity index (χ1v) is 10.4. The zero-order chi connectivity index (χ0) is 21.2. The van der Waals surface area contributed by atoms with Crippen molar-refractivity contribution < 1.29 is 17.7 Å². The fourth-order valence-corrected chi connectivity index (χ4v) is 4.66. The Morgan fingerprint density at radius 2 is 2.10 bits per heavy atom. The molecule has 2 heterocycles. The Kier molecular flexibility index (Phi) is 6.50. The summed E-state index contributed by atoms with van der Waals surface area (Å²) in [4.78, 5) is 7.78. The van der Waals surface area contributed by atoms with Gasteiger partial charge >= 0.3 is 0 Å². The number of nitrogens with one attached hydrogen (secondary N) is 1. The first kappa shape index (κ1) is 21.6. The summed E-state index contributed by atoms with van der Waals surface area (Å²) < 4.78 is 48.9. The maximum absolute atomic E-state index is 14.8. The number of ether oxygens (including phenoxy) is 1. The van der Waals surface area contributed by atoms with Crippen molar-refractivity contribution in [1.82, 2.24) is 9.88 Å². The molecule has 1 fully saturated rings. The predicted octanol–water partition coefficient (Wildman–Crippen LogP) is 2.96. The number of hydrogen-bond donors (Lipinski definition) is 1. The molecule has 1 aromatic heterocycles. The Morgan fingerprint density at radius 3 is 2.76 bits per heavy atom. The van der Waals surface area contributed by atoms with Crippen LogP contribution in [-0.4, -0.2) is 60.5 Å². The molecule has 158 valence electrons. The third-order valence-electron chi connectivity index (χ3n) is 5.06. The van der Waals surface area contributed by atoms with Crippen molar-refractivity contribution >= 4 is 22.5 Å². The molecule has 6 nitrogen and oxygen atoms in total. The van der Waals surface area contributed by atoms with Gasteiger partial charge in [-0.2, -0.15) is 4.39 Å². The number of likely N-dealkylation sites (N-methyl/N-ethyl adjacent to an activating group) is 1. The molecule has 2 aromatic rings. The van der Waals surface area contributed by atoms with Gasteiger partial charge in [0, 0.05) is 32.4 Å². The third kappa shape index (κ3) is 4.91. The first-order chi connectivity index (χ1) is 13.7. The van der Waals surface area contributed by atoms with Gasteiger partial charge in [-0.05, 0) is 57.3 Å². The number of hydrogen-bond acceptors (Lipinski definition) is 5. The molecule has 0 aliphatic carbocycles. The number of pyridine rings is 1. The van der Waals surface area contributed by atoms with Crippen LogP contribution in [0.3, 0.4) is 0 Å². The normalized spacial score (nSPS) is 20.3. The van der Waals surface area contributed by atoms with Crippen LogP contribution in [0.4, 0.5) is 20.3 Å². The van der Waals surface area contributed by atoms with Gasteiger partial charge < -0.3 is 14.5 Å². The fourth-order valence-electron chi connectivity index (χ4n) is 3.73. The molecule has 29 heavy (non-hydrogen) atoms. The fraction of sp³-hybridized carbons (Fsp3) is 0.450. The molecule has 3 rings (SSSR count). The van der Waals surface area contributed by atoms with Crippen LogP contribution in [0, 0.1) is 18.7 Å². The highest BCUT2D eigenvalue weighted by atomic mass is 32.2. The second kappa shape index (κ2) is 8.73. The number of anilines is 2. The van der Waals surface area contributed by atoms with E-state index >= 15 is 0 Å². The Labute approximate surface area is 172 Å². The van der Waals surface area contributed by atoms with Crippen molar-refractivity contribution in [2.45, 2.75) is 23.8 Å². The van der Waals surface area contributed by atoms with E-state index in [1.807, 2.05) is 21.0 Å². The summed E-state index contributed by atoms with van der Waals surface area (Å²) in [6, 6.07) is 7.06. The van der Waals surface area contributed by atoms with Gasteiger partial charge in [-0.3, -0.25) is 4.72 Å². The highest BCUT2D eigenvalue weighted by molar-refractivity contribution is 7.86. The molecule has 0 radical (unpaired) electrons. The summed E-state index contributed by atoms with van der Waals surface area (Å²) >= 11 is 0. The third-order valence-corrected chi connectivity index (χ3v) is 6.16. The zero-order valence-electron chi connectivity index (χ0n) is 17.0. The Morgan fingerprint density at radius 1 is 1.34 bits per heavy atom. The van der Waals surface area contributed by atoms with Crippen molar-refractivity contribution in [3.63, 3.8) is 0 Å². The van der Waals surface area contributed by atoms with Gasteiger partial charge in [-0.15, -0.1) is 0 Å². The minimum atomic E-state index is -1.90. The molecular weight excluding hydrogens is 398 g/mol. The minimum absolute atomic E-state index is 0.00260. The largest absolute Gasteiger partial charge is 0.375 e. The molecule has 0 saturated carbocycles. The van der Waals surface area contributed by atoms with Crippen molar-refractivity contribution in [3.05, 3.63) is 47.7 Å². The summed E-state index contributed by atoms with van der Waals surface area (Å²) in [7, 11) is 3.80. The Bertz CT molecular complexity index is 912. The highest BCUT2D eigenvalue weighted by Crippen LogP contribution is 2.33. The maximum atomic E-state index is 14.8. The lowest BCUT2D eigenvalue weighted by Gasteiger charge is -2.31. The van der Waals surface area contributed by atoms with E-state index in [9.17, 15) is 13.0 Å². The van der Waals surface area contributed by atoms with E-state index in [-0.39, 0.29) is 16.3 Å². The molecule has 9 heteroatoms. The molecule has 1 aromatic carbocycles. The second-order valence-corrected chi connectivity index (χ2v) is 8.76. The van der Waals surface area contributed by atoms with Gasteiger partial charge in [-0.25, -0.2) is 13.6 Å². The quantitative estimate of drug-likeness (QED) is 0.693. The average Bonchev–Trinajstić information content (AvgIpc) is 3.07. The summed E-state index contributed by atoms with van der Waals surface area (Å²) in [6.45, 7) is 4.02. The van der Waals surface area contributed by atoms with Crippen LogP contribution >= 0.6 is 0 Å². The number of aryl methyl sites for hydroxylation is 1. The Balaban J connectivity index is 1.80. The summed E-state index contributed by atoms with van der Waals surface area (Å²) in [6.07, 6.45) is 0.837. The molecule has 1 unspecified atom stereocenters. The van der Waals surface area contributed by atoms with Crippen LogP contribution in [0.15, 0.2) is 35.2 Å². The minimum Gasteiger partial charge on any atom is -0.375 e. The maximum Gasteiger partial charge on any atom is 0.214 e. The molecule has 0 bridgehead atoms. The van der Waals surface area contributed by atoms with Gasteiger partial charge in [0.05, 0.1) is 10.5 Å². The average molecular weight is 425 g/mol. The molecule has 1 N–H and O–H groups in total. The van der Waals surface area contributed by atoms with Crippen LogP contribution in [0.2, 0.25) is 0 Å². The molecule has 0 spiro atoms. The molecular formula is C20H26F2N4O2S. The number of halogens is 2. The van der Waals surface area contributed by atoms with E-state index in [0.717, 1.165) is 30.8 Å². The van der Waals surface area contributed by atoms with Gasteiger partial charge in [0.15, 0.2) is 11.0 Å². The summed E-state index contributed by atoms with van der Waals surface area (Å²) in [5.41, 5.74) is 1.25.